The second-order valence-corrected chi connectivity index (χ2v) is 3.33. The van der Waals surface area contributed by atoms with Gasteiger partial charge in [0.25, 0.3) is 0 Å². The molecule has 0 heterocycles. The molecule has 0 spiro atoms. The second kappa shape index (κ2) is 4.98. The molecule has 1 atom stereocenters. The van der Waals surface area contributed by atoms with Crippen LogP contribution < -0.4 is 9.47 Å². The number of aliphatic hydroxyl groups excluding tert-OH is 1. The maximum atomic E-state index is 13.7. The summed E-state index contributed by atoms with van der Waals surface area (Å²) in [5, 5.41) is 9.23. The summed E-state index contributed by atoms with van der Waals surface area (Å²) in [5.41, 5.74) is 0.630. The van der Waals surface area contributed by atoms with Gasteiger partial charge < -0.3 is 14.6 Å². The Morgan fingerprint density at radius 1 is 1.33 bits per heavy atom. The van der Waals surface area contributed by atoms with Gasteiger partial charge in [-0.2, -0.15) is 4.39 Å². The predicted octanol–water partition coefficient (Wildman–Crippen LogP) is 1.77. The number of halogens is 1. The molecular weight excluding hydrogens is 199 g/mol. The Bertz CT molecular complexity index is 337. The highest BCUT2D eigenvalue weighted by Crippen LogP contribution is 2.30. The summed E-state index contributed by atoms with van der Waals surface area (Å²) in [7, 11) is 2.79. The molecule has 3 nitrogen and oxygen atoms in total. The van der Waals surface area contributed by atoms with Gasteiger partial charge in [0.1, 0.15) is 0 Å². The summed E-state index contributed by atoms with van der Waals surface area (Å²) in [5.74, 6) is -0.255. The number of hydrogen-bond acceptors (Lipinski definition) is 3. The van der Waals surface area contributed by atoms with E-state index in [-0.39, 0.29) is 11.5 Å². The van der Waals surface area contributed by atoms with Crippen LogP contribution in [-0.4, -0.2) is 25.4 Å². The minimum absolute atomic E-state index is 0.134. The summed E-state index contributed by atoms with van der Waals surface area (Å²) in [6.45, 7) is 1.64. The first-order valence-corrected chi connectivity index (χ1v) is 4.67. The summed E-state index contributed by atoms with van der Waals surface area (Å²) >= 11 is 0. The van der Waals surface area contributed by atoms with E-state index in [1.54, 1.807) is 13.0 Å². The van der Waals surface area contributed by atoms with Gasteiger partial charge >= 0.3 is 0 Å². The van der Waals surface area contributed by atoms with Crippen molar-refractivity contribution in [2.75, 3.05) is 14.2 Å². The van der Waals surface area contributed by atoms with Crippen molar-refractivity contribution in [2.45, 2.75) is 19.4 Å². The van der Waals surface area contributed by atoms with Crippen molar-refractivity contribution in [1.29, 1.82) is 0 Å². The number of methoxy groups -OCH3 is 2. The zero-order chi connectivity index (χ0) is 11.4. The van der Waals surface area contributed by atoms with Crippen LogP contribution >= 0.6 is 0 Å². The third kappa shape index (κ3) is 2.59. The lowest BCUT2D eigenvalue weighted by Gasteiger charge is -2.13. The van der Waals surface area contributed by atoms with Crippen molar-refractivity contribution in [3.8, 4) is 11.5 Å². The van der Waals surface area contributed by atoms with Gasteiger partial charge in [-0.1, -0.05) is 6.07 Å². The number of ether oxygens (including phenoxy) is 2. The fraction of sp³-hybridized carbons (Fsp3) is 0.455. The Morgan fingerprint density at radius 3 is 2.47 bits per heavy atom. The molecule has 0 fully saturated rings. The molecule has 84 valence electrons. The molecule has 15 heavy (non-hydrogen) atoms. The second-order valence-electron chi connectivity index (χ2n) is 3.33. The van der Waals surface area contributed by atoms with Gasteiger partial charge in [-0.3, -0.25) is 0 Å². The average Bonchev–Trinajstić information content (AvgIpc) is 2.18. The first kappa shape index (κ1) is 11.8. The molecular formula is C11H15FO3. The summed E-state index contributed by atoms with van der Waals surface area (Å²) in [6.07, 6.45) is -0.184. The van der Waals surface area contributed by atoms with Crippen molar-refractivity contribution in [1.82, 2.24) is 0 Å². The van der Waals surface area contributed by atoms with E-state index >= 15 is 0 Å². The molecule has 1 rings (SSSR count). The number of rotatable bonds is 4. The van der Waals surface area contributed by atoms with E-state index in [1.165, 1.54) is 20.3 Å². The molecule has 0 aliphatic rings. The van der Waals surface area contributed by atoms with Gasteiger partial charge in [0, 0.05) is 12.0 Å². The van der Waals surface area contributed by atoms with Gasteiger partial charge in [0.15, 0.2) is 11.5 Å². The normalized spacial score (nSPS) is 12.3. The Morgan fingerprint density at radius 2 is 2.00 bits per heavy atom. The van der Waals surface area contributed by atoms with Gasteiger partial charge in [-0.05, 0) is 13.0 Å². The van der Waals surface area contributed by atoms with Crippen LogP contribution in [0, 0.1) is 5.82 Å². The number of benzene rings is 1. The Labute approximate surface area is 88.4 Å². The molecule has 0 aromatic heterocycles. The number of hydrogen-bond donors (Lipinski definition) is 1. The Kier molecular flexibility index (Phi) is 3.91. The van der Waals surface area contributed by atoms with E-state index in [0.29, 0.717) is 12.0 Å². The highest BCUT2D eigenvalue weighted by molar-refractivity contribution is 5.43. The van der Waals surface area contributed by atoms with E-state index in [0.717, 1.165) is 0 Å². The Balaban J connectivity index is 3.12. The van der Waals surface area contributed by atoms with E-state index in [2.05, 4.69) is 0 Å². The van der Waals surface area contributed by atoms with Crippen LogP contribution in [0.1, 0.15) is 12.5 Å². The minimum Gasteiger partial charge on any atom is -0.494 e. The summed E-state index contributed by atoms with van der Waals surface area (Å²) < 4.78 is 23.4. The van der Waals surface area contributed by atoms with Crippen LogP contribution in [0.25, 0.3) is 0 Å². The minimum atomic E-state index is -0.535. The highest BCUT2D eigenvalue weighted by Gasteiger charge is 2.15. The van der Waals surface area contributed by atoms with Crippen LogP contribution in [0.2, 0.25) is 0 Å². The van der Waals surface area contributed by atoms with Gasteiger partial charge in [-0.25, -0.2) is 0 Å². The van der Waals surface area contributed by atoms with Crippen molar-refractivity contribution >= 4 is 0 Å². The van der Waals surface area contributed by atoms with E-state index in [9.17, 15) is 9.50 Å². The molecule has 0 aliphatic heterocycles. The lowest BCUT2D eigenvalue weighted by molar-refractivity contribution is 0.193. The summed E-state index contributed by atoms with van der Waals surface area (Å²) in [4.78, 5) is 0. The zero-order valence-corrected chi connectivity index (χ0v) is 9.08. The first-order valence-electron chi connectivity index (χ1n) is 4.67. The van der Waals surface area contributed by atoms with Crippen molar-refractivity contribution in [3.05, 3.63) is 23.5 Å². The fourth-order valence-electron chi connectivity index (χ4n) is 1.44. The molecule has 0 radical (unpaired) electrons. The third-order valence-corrected chi connectivity index (χ3v) is 2.08. The average molecular weight is 214 g/mol. The quantitative estimate of drug-likeness (QED) is 0.830. The van der Waals surface area contributed by atoms with Gasteiger partial charge in [0.05, 0.1) is 20.3 Å². The maximum Gasteiger partial charge on any atom is 0.207 e. The molecule has 1 aromatic rings. The molecule has 0 saturated carbocycles. The van der Waals surface area contributed by atoms with Crippen LogP contribution in [0.15, 0.2) is 12.1 Å². The zero-order valence-electron chi connectivity index (χ0n) is 9.08. The van der Waals surface area contributed by atoms with Crippen LogP contribution in [0.5, 0.6) is 11.5 Å². The van der Waals surface area contributed by atoms with Crippen LogP contribution in [-0.2, 0) is 6.42 Å². The van der Waals surface area contributed by atoms with E-state index < -0.39 is 11.9 Å². The standard InChI is InChI=1S/C11H15FO3/c1-7(13)6-8-4-5-9(14-2)10(12)11(8)15-3/h4-5,7,13H,6H2,1-3H3. The molecule has 0 bridgehead atoms. The third-order valence-electron chi connectivity index (χ3n) is 2.08. The molecule has 1 unspecified atom stereocenters. The molecule has 0 saturated heterocycles. The van der Waals surface area contributed by atoms with Crippen molar-refractivity contribution in [3.63, 3.8) is 0 Å². The molecule has 4 heteroatoms. The van der Waals surface area contributed by atoms with Crippen molar-refractivity contribution in [2.24, 2.45) is 0 Å². The highest BCUT2D eigenvalue weighted by atomic mass is 19.1. The molecule has 0 aliphatic carbocycles. The predicted molar refractivity (Wildman–Crippen MR) is 54.9 cm³/mol. The van der Waals surface area contributed by atoms with Crippen molar-refractivity contribution < 1.29 is 19.0 Å². The lowest BCUT2D eigenvalue weighted by Crippen LogP contribution is -2.07. The largest absolute Gasteiger partial charge is 0.494 e. The van der Waals surface area contributed by atoms with Crippen LogP contribution in [0.4, 0.5) is 4.39 Å². The topological polar surface area (TPSA) is 38.7 Å². The first-order chi connectivity index (χ1) is 7.10. The van der Waals surface area contributed by atoms with E-state index in [4.69, 9.17) is 9.47 Å². The lowest BCUT2D eigenvalue weighted by atomic mass is 10.1. The van der Waals surface area contributed by atoms with Crippen LogP contribution in [0.3, 0.4) is 0 Å². The SMILES string of the molecule is COc1ccc(CC(C)O)c(OC)c1F. The molecule has 0 amide bonds. The Hall–Kier alpha value is -1.29. The molecule has 1 N–H and O–H groups in total. The summed E-state index contributed by atoms with van der Waals surface area (Å²) in [6, 6.07) is 3.21. The number of aliphatic hydroxyl groups is 1. The van der Waals surface area contributed by atoms with E-state index in [1.807, 2.05) is 0 Å². The van der Waals surface area contributed by atoms with Gasteiger partial charge in [-0.15, -0.1) is 0 Å². The molecule has 1 aromatic carbocycles. The van der Waals surface area contributed by atoms with Gasteiger partial charge in [0.2, 0.25) is 5.82 Å². The fourth-order valence-corrected chi connectivity index (χ4v) is 1.44. The smallest absolute Gasteiger partial charge is 0.207 e. The maximum absolute atomic E-state index is 13.7. The monoisotopic (exact) mass is 214 g/mol.